The summed E-state index contributed by atoms with van der Waals surface area (Å²) in [4.78, 5) is 23.8. The van der Waals surface area contributed by atoms with Crippen molar-refractivity contribution in [2.45, 2.75) is 39.0 Å². The number of ether oxygens (including phenoxy) is 2. The number of carbonyl (C=O) groups excluding carboxylic acids is 2. The van der Waals surface area contributed by atoms with Gasteiger partial charge in [0.15, 0.2) is 23.3 Å². The first kappa shape index (κ1) is 23.3. The number of hydrogen-bond acceptors (Lipinski definition) is 4. The van der Waals surface area contributed by atoms with E-state index in [1.165, 1.54) is 12.1 Å². The second kappa shape index (κ2) is 10.7. The smallest absolute Gasteiger partial charge is 0.349 e. The predicted molar refractivity (Wildman–Crippen MR) is 96.7 cm³/mol. The summed E-state index contributed by atoms with van der Waals surface area (Å²) in [6.45, 7) is 2.34. The Bertz CT molecular complexity index is 884. The number of carbonyl (C=O) groups is 2. The van der Waals surface area contributed by atoms with Gasteiger partial charge in [-0.05, 0) is 30.7 Å². The number of esters is 2. The molecule has 162 valence electrons. The van der Waals surface area contributed by atoms with E-state index in [2.05, 4.69) is 11.7 Å². The maximum atomic E-state index is 13.7. The van der Waals surface area contributed by atoms with E-state index in [9.17, 15) is 31.5 Å². The fourth-order valence-corrected chi connectivity index (χ4v) is 2.56. The molecule has 0 aliphatic rings. The van der Waals surface area contributed by atoms with Crippen LogP contribution in [0.2, 0.25) is 0 Å². The normalized spacial score (nSPS) is 10.7. The van der Waals surface area contributed by atoms with Crippen molar-refractivity contribution < 1.29 is 41.0 Å². The van der Waals surface area contributed by atoms with Crippen LogP contribution in [0.4, 0.5) is 22.0 Å². The summed E-state index contributed by atoms with van der Waals surface area (Å²) in [7, 11) is 0. The molecule has 0 amide bonds. The van der Waals surface area contributed by atoms with Gasteiger partial charge in [-0.3, -0.25) is 0 Å². The van der Waals surface area contributed by atoms with Gasteiger partial charge < -0.3 is 9.47 Å². The van der Waals surface area contributed by atoms with Crippen molar-refractivity contribution in [2.24, 2.45) is 0 Å². The van der Waals surface area contributed by atoms with Crippen LogP contribution in [0.1, 0.15) is 59.7 Å². The lowest BCUT2D eigenvalue weighted by atomic mass is 10.1. The Hall–Kier alpha value is -2.97. The Morgan fingerprint density at radius 2 is 1.27 bits per heavy atom. The van der Waals surface area contributed by atoms with Gasteiger partial charge in [0.25, 0.3) is 0 Å². The van der Waals surface area contributed by atoms with Crippen LogP contribution in [0.15, 0.2) is 24.3 Å². The Morgan fingerprint density at radius 3 is 1.83 bits per heavy atom. The zero-order chi connectivity index (χ0) is 22.3. The molecule has 0 heterocycles. The average Bonchev–Trinajstić information content (AvgIpc) is 2.73. The van der Waals surface area contributed by atoms with Gasteiger partial charge in [0.1, 0.15) is 11.3 Å². The molecule has 2 aromatic carbocycles. The average molecular weight is 430 g/mol. The van der Waals surface area contributed by atoms with Crippen molar-refractivity contribution in [2.75, 3.05) is 6.61 Å². The van der Waals surface area contributed by atoms with Gasteiger partial charge in [-0.25, -0.2) is 31.5 Å². The number of halogens is 5. The molecule has 0 fully saturated rings. The summed E-state index contributed by atoms with van der Waals surface area (Å²) in [5.41, 5.74) is -1.57. The highest BCUT2D eigenvalue weighted by atomic mass is 19.2. The minimum absolute atomic E-state index is 0.139. The molecular weight excluding hydrogens is 411 g/mol. The molecule has 9 heteroatoms. The van der Waals surface area contributed by atoms with Crippen molar-refractivity contribution in [1.82, 2.24) is 0 Å². The molecule has 2 rings (SSSR count). The van der Waals surface area contributed by atoms with E-state index in [0.717, 1.165) is 44.2 Å². The van der Waals surface area contributed by atoms with Crippen molar-refractivity contribution in [1.29, 1.82) is 0 Å². The Balaban J connectivity index is 2.00. The topological polar surface area (TPSA) is 52.6 Å². The van der Waals surface area contributed by atoms with Crippen molar-refractivity contribution in [3.05, 3.63) is 64.5 Å². The maximum absolute atomic E-state index is 13.7. The summed E-state index contributed by atoms with van der Waals surface area (Å²) in [5, 5.41) is 0. The third-order valence-corrected chi connectivity index (χ3v) is 4.20. The van der Waals surface area contributed by atoms with E-state index in [1.807, 2.05) is 0 Å². The fourth-order valence-electron chi connectivity index (χ4n) is 2.56. The first-order chi connectivity index (χ1) is 14.3. The van der Waals surface area contributed by atoms with Gasteiger partial charge in [0, 0.05) is 0 Å². The number of hydrogen-bond donors (Lipinski definition) is 0. The molecule has 0 saturated carbocycles. The molecule has 4 nitrogen and oxygen atoms in total. The molecule has 0 aliphatic heterocycles. The summed E-state index contributed by atoms with van der Waals surface area (Å²) in [6.07, 6.45) is 4.92. The van der Waals surface area contributed by atoms with Crippen LogP contribution >= 0.6 is 0 Å². The molecule has 30 heavy (non-hydrogen) atoms. The third kappa shape index (κ3) is 5.55. The molecule has 0 aliphatic carbocycles. The van der Waals surface area contributed by atoms with Gasteiger partial charge in [0.05, 0.1) is 12.2 Å². The van der Waals surface area contributed by atoms with Crippen molar-refractivity contribution in [3.63, 3.8) is 0 Å². The van der Waals surface area contributed by atoms with E-state index in [1.54, 1.807) is 0 Å². The lowest BCUT2D eigenvalue weighted by molar-refractivity contribution is 0.0497. The summed E-state index contributed by atoms with van der Waals surface area (Å²) in [5.74, 6) is -14.1. The van der Waals surface area contributed by atoms with E-state index in [0.29, 0.717) is 0 Å². The number of benzene rings is 2. The molecule has 0 aromatic heterocycles. The first-order valence-electron chi connectivity index (χ1n) is 9.28. The molecular formula is C21H19F5O4. The van der Waals surface area contributed by atoms with Crippen molar-refractivity contribution in [3.8, 4) is 5.75 Å². The molecule has 0 spiro atoms. The van der Waals surface area contributed by atoms with E-state index in [4.69, 9.17) is 4.74 Å². The minimum Gasteiger partial charge on any atom is -0.462 e. The van der Waals surface area contributed by atoms with E-state index in [-0.39, 0.29) is 17.9 Å². The number of rotatable bonds is 9. The lowest BCUT2D eigenvalue weighted by Gasteiger charge is -2.09. The zero-order valence-electron chi connectivity index (χ0n) is 16.1. The Labute approximate surface area is 169 Å². The minimum atomic E-state index is -2.38. The molecule has 2 aromatic rings. The molecule has 0 bridgehead atoms. The zero-order valence-corrected chi connectivity index (χ0v) is 16.1. The van der Waals surface area contributed by atoms with E-state index >= 15 is 0 Å². The van der Waals surface area contributed by atoms with Gasteiger partial charge in [-0.1, -0.05) is 32.6 Å². The van der Waals surface area contributed by atoms with Gasteiger partial charge >= 0.3 is 11.9 Å². The highest BCUT2D eigenvalue weighted by Gasteiger charge is 2.31. The van der Waals surface area contributed by atoms with Crippen LogP contribution in [0.25, 0.3) is 0 Å². The van der Waals surface area contributed by atoms with Crippen LogP contribution in [-0.4, -0.2) is 18.5 Å². The Kier molecular flexibility index (Phi) is 8.32. The van der Waals surface area contributed by atoms with Crippen LogP contribution in [0, 0.1) is 29.1 Å². The molecule has 0 atom stereocenters. The predicted octanol–water partition coefficient (Wildman–Crippen LogP) is 5.73. The largest absolute Gasteiger partial charge is 0.462 e. The number of unbranched alkanes of at least 4 members (excludes halogenated alkanes) is 4. The second-order valence-electron chi connectivity index (χ2n) is 6.41. The fraction of sp³-hybridized carbons (Fsp3) is 0.333. The summed E-state index contributed by atoms with van der Waals surface area (Å²) in [6, 6.07) is 4.73. The monoisotopic (exact) mass is 430 g/mol. The quantitative estimate of drug-likeness (QED) is 0.127. The third-order valence-electron chi connectivity index (χ3n) is 4.20. The van der Waals surface area contributed by atoms with Gasteiger partial charge in [-0.15, -0.1) is 0 Å². The SMILES string of the molecule is CCCCCCCOC(=O)c1ccc(OC(=O)c2c(F)c(F)c(F)c(F)c2F)cc1. The van der Waals surface area contributed by atoms with Gasteiger partial charge in [0.2, 0.25) is 5.82 Å². The maximum Gasteiger partial charge on any atom is 0.349 e. The molecule has 0 N–H and O–H groups in total. The lowest BCUT2D eigenvalue weighted by Crippen LogP contribution is -2.17. The summed E-state index contributed by atoms with van der Waals surface area (Å²) < 4.78 is 76.6. The molecule has 0 unspecified atom stereocenters. The van der Waals surface area contributed by atoms with E-state index < -0.39 is 46.6 Å². The van der Waals surface area contributed by atoms with Gasteiger partial charge in [-0.2, -0.15) is 0 Å². The summed E-state index contributed by atoms with van der Waals surface area (Å²) >= 11 is 0. The van der Waals surface area contributed by atoms with Crippen LogP contribution < -0.4 is 4.74 Å². The van der Waals surface area contributed by atoms with Crippen LogP contribution in [0.5, 0.6) is 5.75 Å². The molecule has 0 radical (unpaired) electrons. The molecule has 0 saturated heterocycles. The first-order valence-corrected chi connectivity index (χ1v) is 9.28. The Morgan fingerprint density at radius 1 is 0.733 bits per heavy atom. The van der Waals surface area contributed by atoms with Crippen molar-refractivity contribution >= 4 is 11.9 Å². The highest BCUT2D eigenvalue weighted by Crippen LogP contribution is 2.24. The van der Waals surface area contributed by atoms with Crippen LogP contribution in [-0.2, 0) is 4.74 Å². The standard InChI is InChI=1S/C21H19F5O4/c1-2-3-4-5-6-11-29-20(27)12-7-9-13(10-8-12)30-21(28)14-15(22)17(24)19(26)18(25)16(14)23/h7-10H,2-6,11H2,1H3. The highest BCUT2D eigenvalue weighted by molar-refractivity contribution is 5.92. The van der Waals surface area contributed by atoms with Crippen LogP contribution in [0.3, 0.4) is 0 Å². The second-order valence-corrected chi connectivity index (χ2v) is 6.41.